The Labute approximate surface area is 346 Å². The van der Waals surface area contributed by atoms with E-state index in [2.05, 4.69) is 97.1 Å². The first kappa shape index (κ1) is 35.1. The van der Waals surface area contributed by atoms with Crippen molar-refractivity contribution in [1.82, 2.24) is 0 Å². The van der Waals surface area contributed by atoms with Crippen LogP contribution in [0.15, 0.2) is 194 Å². The number of phenols is 4. The van der Waals surface area contributed by atoms with Gasteiger partial charge in [-0.05, 0) is 195 Å². The molecule has 0 spiro atoms. The molecule has 0 radical (unpaired) electrons. The van der Waals surface area contributed by atoms with E-state index < -0.39 is 0 Å². The Kier molecular flexibility index (Phi) is 8.07. The smallest absolute Gasteiger partial charge is 0.115 e. The van der Waals surface area contributed by atoms with Crippen molar-refractivity contribution in [3.8, 4) is 89.8 Å². The highest BCUT2D eigenvalue weighted by atomic mass is 16.3. The summed E-state index contributed by atoms with van der Waals surface area (Å²) in [5.74, 6) is 0.893. The summed E-state index contributed by atoms with van der Waals surface area (Å²) < 4.78 is 0. The number of aromatic hydroxyl groups is 4. The normalized spacial score (nSPS) is 11.6. The largest absolute Gasteiger partial charge is 0.508 e. The van der Waals surface area contributed by atoms with E-state index in [4.69, 9.17) is 0 Å². The van der Waals surface area contributed by atoms with Gasteiger partial charge in [0.2, 0.25) is 0 Å². The lowest BCUT2D eigenvalue weighted by Crippen LogP contribution is -1.92. The number of rotatable bonds is 6. The number of phenolic OH excluding ortho intramolecular Hbond substituents is 4. The molecule has 4 N–H and O–H groups in total. The molecule has 4 nitrogen and oxygen atoms in total. The second-order valence-electron chi connectivity index (χ2n) is 15.6. The van der Waals surface area contributed by atoms with Gasteiger partial charge in [-0.15, -0.1) is 0 Å². The maximum atomic E-state index is 10.1. The summed E-state index contributed by atoms with van der Waals surface area (Å²) in [4.78, 5) is 0. The summed E-state index contributed by atoms with van der Waals surface area (Å²) in [6, 6.07) is 64.8. The number of hydrogen-bond acceptors (Lipinski definition) is 4. The average Bonchev–Trinajstić information content (AvgIpc) is 3.28. The monoisotopic (exact) mass is 772 g/mol. The van der Waals surface area contributed by atoms with Gasteiger partial charge in [-0.3, -0.25) is 0 Å². The molecule has 0 aliphatic rings. The van der Waals surface area contributed by atoms with E-state index in [1.54, 1.807) is 48.5 Å². The fourth-order valence-electron chi connectivity index (χ4n) is 9.06. The molecule has 11 aromatic carbocycles. The van der Waals surface area contributed by atoms with E-state index in [9.17, 15) is 20.4 Å². The topological polar surface area (TPSA) is 80.9 Å². The summed E-state index contributed by atoms with van der Waals surface area (Å²) in [6.45, 7) is 0. The first-order valence-corrected chi connectivity index (χ1v) is 20.0. The standard InChI is InChI=1S/C56H36O4/c57-43-15-7-33(8-16-43)37-27-38(34-9-17-44(58)18-10-34)30-41(29-37)47-23-25-53-54-26-24-48(50-4-2-6-52(56(50)54)51-5-1-3-49(47)55(51)53)42-31-39(35-11-19-45(59)20-12-35)28-40(32-42)36-13-21-46(60)22-14-36/h1-32,57-60H. The summed E-state index contributed by atoms with van der Waals surface area (Å²) in [7, 11) is 0. The Bertz CT molecular complexity index is 3040. The molecule has 11 rings (SSSR count). The predicted octanol–water partition coefficient (Wildman–Crippen LogP) is 14.6. The predicted molar refractivity (Wildman–Crippen MR) is 247 cm³/mol. The van der Waals surface area contributed by atoms with Crippen molar-refractivity contribution >= 4 is 43.1 Å². The molecule has 0 atom stereocenters. The number of hydrogen-bond donors (Lipinski definition) is 4. The molecule has 0 aliphatic carbocycles. The van der Waals surface area contributed by atoms with Crippen LogP contribution in [0.4, 0.5) is 0 Å². The zero-order valence-electron chi connectivity index (χ0n) is 32.3. The summed E-state index contributed by atoms with van der Waals surface area (Å²) in [5.41, 5.74) is 12.5. The van der Waals surface area contributed by atoms with Gasteiger partial charge in [-0.2, -0.15) is 0 Å². The number of fused-ring (bicyclic) bond motifs is 2. The van der Waals surface area contributed by atoms with Crippen LogP contribution in [0.5, 0.6) is 23.0 Å². The van der Waals surface area contributed by atoms with Crippen LogP contribution in [-0.4, -0.2) is 20.4 Å². The molecular weight excluding hydrogens is 737 g/mol. The highest BCUT2D eigenvalue weighted by Gasteiger charge is 2.19. The third-order valence-corrected chi connectivity index (χ3v) is 12.0. The van der Waals surface area contributed by atoms with Crippen molar-refractivity contribution in [2.45, 2.75) is 0 Å². The van der Waals surface area contributed by atoms with Gasteiger partial charge in [0.05, 0.1) is 0 Å². The third-order valence-electron chi connectivity index (χ3n) is 12.0. The summed E-state index contributed by atoms with van der Waals surface area (Å²) in [6.07, 6.45) is 0. The Balaban J connectivity index is 1.12. The molecule has 0 unspecified atom stereocenters. The third kappa shape index (κ3) is 5.93. The van der Waals surface area contributed by atoms with Crippen molar-refractivity contribution in [1.29, 1.82) is 0 Å². The SMILES string of the molecule is Oc1ccc(-c2cc(-c3ccc(O)cc3)cc(-c3ccc4c5ccc(-c6cc(-c7ccc(O)cc7)cc(-c7ccc(O)cc7)c6)c6cccc(c7cccc3c74)c65)c2)cc1. The molecule has 4 heteroatoms. The average molecular weight is 773 g/mol. The molecule has 0 aromatic heterocycles. The van der Waals surface area contributed by atoms with Gasteiger partial charge >= 0.3 is 0 Å². The Morgan fingerprint density at radius 1 is 0.200 bits per heavy atom. The van der Waals surface area contributed by atoms with E-state index in [0.717, 1.165) is 77.5 Å². The molecule has 0 fully saturated rings. The molecule has 0 saturated carbocycles. The highest BCUT2D eigenvalue weighted by molar-refractivity contribution is 6.35. The molecule has 0 aliphatic heterocycles. The Morgan fingerprint density at radius 2 is 0.450 bits per heavy atom. The van der Waals surface area contributed by atoms with Crippen LogP contribution in [0.25, 0.3) is 110 Å². The fourth-order valence-corrected chi connectivity index (χ4v) is 9.06. The van der Waals surface area contributed by atoms with Gasteiger partial charge in [-0.25, -0.2) is 0 Å². The van der Waals surface area contributed by atoms with Crippen LogP contribution in [0.3, 0.4) is 0 Å². The Hall–Kier alpha value is -8.08. The minimum Gasteiger partial charge on any atom is -0.508 e. The first-order valence-electron chi connectivity index (χ1n) is 20.0. The van der Waals surface area contributed by atoms with Crippen molar-refractivity contribution < 1.29 is 20.4 Å². The van der Waals surface area contributed by atoms with Crippen molar-refractivity contribution in [3.63, 3.8) is 0 Å². The van der Waals surface area contributed by atoms with E-state index in [1.807, 2.05) is 48.5 Å². The van der Waals surface area contributed by atoms with Crippen LogP contribution in [-0.2, 0) is 0 Å². The second kappa shape index (κ2) is 13.8. The quantitative estimate of drug-likeness (QED) is 0.100. The lowest BCUT2D eigenvalue weighted by atomic mass is 9.84. The zero-order chi connectivity index (χ0) is 40.5. The van der Waals surface area contributed by atoms with E-state index in [0.29, 0.717) is 0 Å². The highest BCUT2D eigenvalue weighted by Crippen LogP contribution is 2.47. The molecule has 60 heavy (non-hydrogen) atoms. The van der Waals surface area contributed by atoms with Gasteiger partial charge < -0.3 is 20.4 Å². The van der Waals surface area contributed by atoms with E-state index in [1.165, 1.54) is 32.3 Å². The maximum absolute atomic E-state index is 10.1. The van der Waals surface area contributed by atoms with Crippen LogP contribution in [0.2, 0.25) is 0 Å². The lowest BCUT2D eigenvalue weighted by Gasteiger charge is -2.19. The maximum Gasteiger partial charge on any atom is 0.115 e. The van der Waals surface area contributed by atoms with Gasteiger partial charge in [-0.1, -0.05) is 109 Å². The van der Waals surface area contributed by atoms with Crippen molar-refractivity contribution in [2.75, 3.05) is 0 Å². The first-order chi connectivity index (χ1) is 29.3. The molecule has 11 aromatic rings. The zero-order valence-corrected chi connectivity index (χ0v) is 32.3. The van der Waals surface area contributed by atoms with E-state index in [-0.39, 0.29) is 23.0 Å². The molecule has 284 valence electrons. The molecule has 0 bridgehead atoms. The minimum absolute atomic E-state index is 0.223. The molecular formula is C56H36O4. The van der Waals surface area contributed by atoms with Crippen molar-refractivity contribution in [2.24, 2.45) is 0 Å². The van der Waals surface area contributed by atoms with Crippen LogP contribution >= 0.6 is 0 Å². The van der Waals surface area contributed by atoms with Gasteiger partial charge in [0.1, 0.15) is 23.0 Å². The van der Waals surface area contributed by atoms with Crippen LogP contribution in [0, 0.1) is 0 Å². The van der Waals surface area contributed by atoms with Gasteiger partial charge in [0.15, 0.2) is 0 Å². The van der Waals surface area contributed by atoms with Gasteiger partial charge in [0, 0.05) is 0 Å². The lowest BCUT2D eigenvalue weighted by molar-refractivity contribution is 0.475. The summed E-state index contributed by atoms with van der Waals surface area (Å²) in [5, 5.41) is 49.8. The fraction of sp³-hybridized carbons (Fsp3) is 0. The van der Waals surface area contributed by atoms with Crippen molar-refractivity contribution in [3.05, 3.63) is 194 Å². The molecule has 0 heterocycles. The molecule has 0 amide bonds. The van der Waals surface area contributed by atoms with E-state index >= 15 is 0 Å². The summed E-state index contributed by atoms with van der Waals surface area (Å²) >= 11 is 0. The van der Waals surface area contributed by atoms with Crippen LogP contribution in [0.1, 0.15) is 0 Å². The Morgan fingerprint density at radius 3 is 0.750 bits per heavy atom. The molecule has 0 saturated heterocycles. The minimum atomic E-state index is 0.223. The van der Waals surface area contributed by atoms with Gasteiger partial charge in [0.25, 0.3) is 0 Å². The van der Waals surface area contributed by atoms with Crippen LogP contribution < -0.4 is 0 Å². The second-order valence-corrected chi connectivity index (χ2v) is 15.6. The number of benzene rings is 11.